The Morgan fingerprint density at radius 3 is 2.47 bits per heavy atom. The summed E-state index contributed by atoms with van der Waals surface area (Å²) in [5.41, 5.74) is 8.15. The lowest BCUT2D eigenvalue weighted by Crippen LogP contribution is -2.14. The molecule has 0 aliphatic rings. The first-order chi connectivity index (χ1) is 8.90. The predicted octanol–water partition coefficient (Wildman–Crippen LogP) is 5.25. The van der Waals surface area contributed by atoms with Crippen LogP contribution in [0.15, 0.2) is 34.8 Å². The maximum atomic E-state index is 14.0. The first-order valence-corrected chi connectivity index (χ1v) is 7.11. The molecule has 2 rings (SSSR count). The van der Waals surface area contributed by atoms with Crippen LogP contribution in [0.1, 0.15) is 22.7 Å². The van der Waals surface area contributed by atoms with Crippen molar-refractivity contribution in [3.63, 3.8) is 0 Å². The molecule has 0 heterocycles. The standard InChI is InChI=1S/C14H11BrCl2FN/c1-7-4-8(2-3-11(7)16)14(19)9-5-12(17)10(15)6-13(9)18/h2-6,14H,19H2,1H3. The molecule has 0 aliphatic carbocycles. The maximum Gasteiger partial charge on any atom is 0.129 e. The van der Waals surface area contributed by atoms with Gasteiger partial charge in [-0.05, 0) is 52.2 Å². The van der Waals surface area contributed by atoms with Gasteiger partial charge in [0.25, 0.3) is 0 Å². The molecule has 0 saturated carbocycles. The van der Waals surface area contributed by atoms with Gasteiger partial charge in [0.15, 0.2) is 0 Å². The Morgan fingerprint density at radius 1 is 1.16 bits per heavy atom. The van der Waals surface area contributed by atoms with Crippen molar-refractivity contribution in [1.29, 1.82) is 0 Å². The van der Waals surface area contributed by atoms with E-state index >= 15 is 0 Å². The molecule has 2 aromatic rings. The van der Waals surface area contributed by atoms with Gasteiger partial charge in [-0.25, -0.2) is 4.39 Å². The molecule has 5 heteroatoms. The van der Waals surface area contributed by atoms with E-state index < -0.39 is 11.9 Å². The van der Waals surface area contributed by atoms with Gasteiger partial charge in [0.1, 0.15) is 5.82 Å². The largest absolute Gasteiger partial charge is 0.320 e. The van der Waals surface area contributed by atoms with Crippen LogP contribution in [-0.2, 0) is 0 Å². The molecule has 0 aliphatic heterocycles. The van der Waals surface area contributed by atoms with Crippen LogP contribution < -0.4 is 5.73 Å². The molecule has 2 N–H and O–H groups in total. The van der Waals surface area contributed by atoms with Crippen molar-refractivity contribution < 1.29 is 4.39 Å². The summed E-state index contributed by atoms with van der Waals surface area (Å²) >= 11 is 15.1. The van der Waals surface area contributed by atoms with Crippen molar-refractivity contribution in [3.8, 4) is 0 Å². The Morgan fingerprint density at radius 2 is 1.84 bits per heavy atom. The lowest BCUT2D eigenvalue weighted by Gasteiger charge is -2.15. The second kappa shape index (κ2) is 5.80. The Labute approximate surface area is 129 Å². The number of benzene rings is 2. The Balaban J connectivity index is 2.46. The Kier molecular flexibility index (Phi) is 4.51. The van der Waals surface area contributed by atoms with E-state index in [0.29, 0.717) is 20.1 Å². The minimum absolute atomic E-state index is 0.356. The number of hydrogen-bond donors (Lipinski definition) is 1. The molecule has 0 bridgehead atoms. The zero-order chi connectivity index (χ0) is 14.2. The molecule has 0 spiro atoms. The van der Waals surface area contributed by atoms with Crippen molar-refractivity contribution >= 4 is 39.1 Å². The highest BCUT2D eigenvalue weighted by Crippen LogP contribution is 2.31. The number of aryl methyl sites for hydroxylation is 1. The number of rotatable bonds is 2. The molecular formula is C14H11BrCl2FN. The van der Waals surface area contributed by atoms with Crippen molar-refractivity contribution in [2.24, 2.45) is 5.73 Å². The lowest BCUT2D eigenvalue weighted by molar-refractivity contribution is 0.599. The summed E-state index contributed by atoms with van der Waals surface area (Å²) in [6.07, 6.45) is 0. The zero-order valence-corrected chi connectivity index (χ0v) is 13.2. The van der Waals surface area contributed by atoms with Crippen LogP contribution in [0.25, 0.3) is 0 Å². The molecule has 1 atom stereocenters. The summed E-state index contributed by atoms with van der Waals surface area (Å²) in [6.45, 7) is 1.88. The van der Waals surface area contributed by atoms with Crippen LogP contribution in [0.3, 0.4) is 0 Å². The fraction of sp³-hybridized carbons (Fsp3) is 0.143. The molecule has 1 unspecified atom stereocenters. The number of hydrogen-bond acceptors (Lipinski definition) is 1. The number of halogens is 4. The minimum Gasteiger partial charge on any atom is -0.320 e. The molecule has 1 nitrogen and oxygen atoms in total. The third-order valence-corrected chi connectivity index (χ3v) is 4.54. The van der Waals surface area contributed by atoms with Crippen LogP contribution in [0.5, 0.6) is 0 Å². The van der Waals surface area contributed by atoms with E-state index in [-0.39, 0.29) is 0 Å². The van der Waals surface area contributed by atoms with Gasteiger partial charge in [-0.15, -0.1) is 0 Å². The molecule has 0 radical (unpaired) electrons. The van der Waals surface area contributed by atoms with Crippen LogP contribution in [0, 0.1) is 12.7 Å². The fourth-order valence-electron chi connectivity index (χ4n) is 1.82. The summed E-state index contributed by atoms with van der Waals surface area (Å²) in [4.78, 5) is 0. The Hall–Kier alpha value is -0.610. The van der Waals surface area contributed by atoms with Gasteiger partial charge >= 0.3 is 0 Å². The van der Waals surface area contributed by atoms with Crippen LogP contribution in [-0.4, -0.2) is 0 Å². The second-order valence-electron chi connectivity index (χ2n) is 4.27. The average molecular weight is 363 g/mol. The first kappa shape index (κ1) is 14.8. The van der Waals surface area contributed by atoms with E-state index in [4.69, 9.17) is 28.9 Å². The van der Waals surface area contributed by atoms with Gasteiger partial charge in [0.2, 0.25) is 0 Å². The molecule has 0 amide bonds. The monoisotopic (exact) mass is 361 g/mol. The predicted molar refractivity (Wildman–Crippen MR) is 81.3 cm³/mol. The highest BCUT2D eigenvalue weighted by molar-refractivity contribution is 9.10. The maximum absolute atomic E-state index is 14.0. The third-order valence-electron chi connectivity index (χ3n) is 2.92. The molecule has 0 saturated heterocycles. The first-order valence-electron chi connectivity index (χ1n) is 5.56. The highest BCUT2D eigenvalue weighted by atomic mass is 79.9. The smallest absolute Gasteiger partial charge is 0.129 e. The number of nitrogens with two attached hydrogens (primary N) is 1. The van der Waals surface area contributed by atoms with Crippen molar-refractivity contribution in [2.75, 3.05) is 0 Å². The normalized spacial score (nSPS) is 12.5. The SMILES string of the molecule is Cc1cc(C(N)c2cc(Cl)c(Br)cc2F)ccc1Cl. The van der Waals surface area contributed by atoms with Crippen molar-refractivity contribution in [3.05, 3.63) is 67.4 Å². The van der Waals surface area contributed by atoms with Gasteiger partial charge in [-0.1, -0.05) is 35.3 Å². The second-order valence-corrected chi connectivity index (χ2v) is 5.94. The third kappa shape index (κ3) is 3.11. The van der Waals surface area contributed by atoms with E-state index in [0.717, 1.165) is 11.1 Å². The topological polar surface area (TPSA) is 26.0 Å². The molecular weight excluding hydrogens is 352 g/mol. The summed E-state index contributed by atoms with van der Waals surface area (Å²) < 4.78 is 14.5. The van der Waals surface area contributed by atoms with Crippen LogP contribution >= 0.6 is 39.1 Å². The van der Waals surface area contributed by atoms with Crippen LogP contribution in [0.4, 0.5) is 4.39 Å². The van der Waals surface area contributed by atoms with E-state index in [2.05, 4.69) is 15.9 Å². The van der Waals surface area contributed by atoms with E-state index in [9.17, 15) is 4.39 Å². The summed E-state index contributed by atoms with van der Waals surface area (Å²) in [7, 11) is 0. The van der Waals surface area contributed by atoms with E-state index in [1.54, 1.807) is 12.1 Å². The molecule has 0 aromatic heterocycles. The van der Waals surface area contributed by atoms with Crippen molar-refractivity contribution in [1.82, 2.24) is 0 Å². The summed E-state index contributed by atoms with van der Waals surface area (Å²) in [5.74, 6) is -0.392. The summed E-state index contributed by atoms with van der Waals surface area (Å²) in [6, 6.07) is 7.67. The van der Waals surface area contributed by atoms with Gasteiger partial charge < -0.3 is 5.73 Å². The summed E-state index contributed by atoms with van der Waals surface area (Å²) in [5, 5.41) is 1.09. The van der Waals surface area contributed by atoms with Gasteiger partial charge in [0, 0.05) is 15.1 Å². The average Bonchev–Trinajstić information content (AvgIpc) is 2.36. The quantitative estimate of drug-likeness (QED) is 0.725. The van der Waals surface area contributed by atoms with Gasteiger partial charge in [-0.2, -0.15) is 0 Å². The van der Waals surface area contributed by atoms with Gasteiger partial charge in [0.05, 0.1) is 11.1 Å². The van der Waals surface area contributed by atoms with E-state index in [1.807, 2.05) is 13.0 Å². The highest BCUT2D eigenvalue weighted by Gasteiger charge is 2.16. The Bertz CT molecular complexity index is 631. The lowest BCUT2D eigenvalue weighted by atomic mass is 9.98. The fourth-order valence-corrected chi connectivity index (χ4v) is 2.42. The molecule has 100 valence electrons. The van der Waals surface area contributed by atoms with Crippen LogP contribution in [0.2, 0.25) is 10.0 Å². The molecule has 0 fully saturated rings. The zero-order valence-electron chi connectivity index (χ0n) is 10.1. The van der Waals surface area contributed by atoms with Gasteiger partial charge in [-0.3, -0.25) is 0 Å². The molecule has 19 heavy (non-hydrogen) atoms. The van der Waals surface area contributed by atoms with Crippen molar-refractivity contribution in [2.45, 2.75) is 13.0 Å². The molecule has 2 aromatic carbocycles. The minimum atomic E-state index is -0.582. The van der Waals surface area contributed by atoms with E-state index in [1.165, 1.54) is 12.1 Å².